The Morgan fingerprint density at radius 2 is 0.485 bits per heavy atom. The topological polar surface area (TPSA) is 77.3 Å². The van der Waals surface area contributed by atoms with Crippen molar-refractivity contribution in [1.29, 1.82) is 0 Å². The third kappa shape index (κ3) is 10.2. The Bertz CT molecular complexity index is 6730. The number of aromatic nitrogens is 6. The van der Waals surface area contributed by atoms with E-state index in [0.29, 0.717) is 29.1 Å². The summed E-state index contributed by atoms with van der Waals surface area (Å²) in [6, 6.07) is 104. The summed E-state index contributed by atoms with van der Waals surface area (Å²) in [4.78, 5) is 29.5. The van der Waals surface area contributed by atoms with Gasteiger partial charge in [-0.1, -0.05) is 278 Å². The average molecular weight is 1300 g/mol. The lowest BCUT2D eigenvalue weighted by atomic mass is 9.92. The normalized spacial score (nSPS) is 12.3. The molecule has 0 N–H and O–H groups in total. The molecule has 4 heterocycles. The van der Waals surface area contributed by atoms with Crippen LogP contribution >= 0.6 is 22.7 Å². The molecule has 0 radical (unpaired) electrons. The van der Waals surface area contributed by atoms with Crippen LogP contribution in [0.1, 0.15) is 11.0 Å². The molecule has 0 atom stereocenters. The fourth-order valence-corrected chi connectivity index (χ4v) is 16.6. The minimum Gasteiger partial charge on any atom is -0.208 e. The van der Waals surface area contributed by atoms with Gasteiger partial charge in [-0.15, -0.1) is 22.7 Å². The zero-order valence-corrected chi connectivity index (χ0v) is 54.9. The van der Waals surface area contributed by atoms with E-state index in [1.165, 1.54) is 95.9 Å². The second-order valence-corrected chi connectivity index (χ2v) is 27.0. The Morgan fingerprint density at radius 1 is 0.212 bits per heavy atom. The average Bonchev–Trinajstić information content (AvgIpc) is 1.12. The first-order valence-corrected chi connectivity index (χ1v) is 34.6. The summed E-state index contributed by atoms with van der Waals surface area (Å²) >= 11 is 3.47. The molecule has 8 heteroatoms. The molecule has 0 spiro atoms. The van der Waals surface area contributed by atoms with Crippen molar-refractivity contribution in [3.05, 3.63) is 327 Å². The zero-order chi connectivity index (χ0) is 69.0. The molecule has 0 saturated heterocycles. The van der Waals surface area contributed by atoms with Crippen LogP contribution in [-0.2, 0) is 0 Å². The number of hydrogen-bond acceptors (Lipinski definition) is 8. The van der Waals surface area contributed by atoms with Gasteiger partial charge < -0.3 is 0 Å². The van der Waals surface area contributed by atoms with Crippen molar-refractivity contribution in [2.45, 2.75) is 6.92 Å². The fourth-order valence-electron chi connectivity index (χ4n) is 14.2. The third-order valence-electron chi connectivity index (χ3n) is 19.0. The van der Waals surface area contributed by atoms with E-state index in [-0.39, 0.29) is 41.1 Å². The van der Waals surface area contributed by atoms with E-state index in [1.54, 1.807) is 29.6 Å². The van der Waals surface area contributed by atoms with Gasteiger partial charge >= 0.3 is 0 Å². The second kappa shape index (κ2) is 24.0. The van der Waals surface area contributed by atoms with E-state index < -0.39 is 0 Å². The quantitative estimate of drug-likeness (QED) is 0.141. The first-order valence-electron chi connectivity index (χ1n) is 35.0. The summed E-state index contributed by atoms with van der Waals surface area (Å²) in [5, 5.41) is 19.9. The first-order chi connectivity index (χ1) is 50.6. The van der Waals surface area contributed by atoms with Crippen LogP contribution in [0.4, 0.5) is 0 Å². The molecule has 0 amide bonds. The van der Waals surface area contributed by atoms with Gasteiger partial charge in [0.05, 0.1) is 5.48 Å². The SMILES string of the molecule is [2H]c1c([2H])c(-c2nc(-c3ccccc3)nc(-c3cccc4c3sc3ccc(-c5ccc6c7ccccc7c7ccccc7c6c5)cc34)n2)c([2H])c([2H])c1C.c1ccc(-c2nc(-c3ccccc3)nc(-c3cccc4c3sc3ccc(-c5ccc6c7ccccc7c7ccccc7c6c5)cc34)n2)cc1. The molecule has 0 aliphatic heterocycles. The number of hydrogen-bond donors (Lipinski definition) is 0. The van der Waals surface area contributed by atoms with Crippen LogP contribution in [0, 0.1) is 6.92 Å². The van der Waals surface area contributed by atoms with E-state index in [1.807, 2.05) is 103 Å². The molecular formula is C91H56N6S2. The summed E-state index contributed by atoms with van der Waals surface area (Å²) < 4.78 is 39.1. The molecule has 0 aliphatic rings. The van der Waals surface area contributed by atoms with Gasteiger partial charge in [-0.2, -0.15) is 0 Å². The first kappa shape index (κ1) is 53.7. The zero-order valence-electron chi connectivity index (χ0n) is 57.3. The van der Waals surface area contributed by atoms with Crippen molar-refractivity contribution in [3.8, 4) is 90.6 Å². The van der Waals surface area contributed by atoms with Crippen molar-refractivity contribution in [1.82, 2.24) is 29.9 Å². The minimum absolute atomic E-state index is 0.0562. The molecule has 0 aliphatic carbocycles. The van der Waals surface area contributed by atoms with E-state index in [9.17, 15) is 0 Å². The predicted octanol–water partition coefficient (Wildman–Crippen LogP) is 25.0. The fraction of sp³-hybridized carbons (Fsp3) is 0.0110. The smallest absolute Gasteiger partial charge is 0.165 e. The molecule has 16 aromatic carbocycles. The lowest BCUT2D eigenvalue weighted by Crippen LogP contribution is -2.00. The van der Waals surface area contributed by atoms with E-state index in [2.05, 4.69) is 194 Å². The lowest BCUT2D eigenvalue weighted by molar-refractivity contribution is 1.08. The van der Waals surface area contributed by atoms with Gasteiger partial charge in [0.2, 0.25) is 0 Å². The third-order valence-corrected chi connectivity index (χ3v) is 21.4. The molecule has 20 aromatic rings. The van der Waals surface area contributed by atoms with Gasteiger partial charge in [0, 0.05) is 73.7 Å². The van der Waals surface area contributed by atoms with Gasteiger partial charge in [-0.25, -0.2) is 29.9 Å². The van der Waals surface area contributed by atoms with Gasteiger partial charge in [-0.3, -0.25) is 0 Å². The van der Waals surface area contributed by atoms with E-state index >= 15 is 0 Å². The number of nitrogens with zero attached hydrogens (tertiary/aromatic N) is 6. The molecule has 4 aromatic heterocycles. The van der Waals surface area contributed by atoms with Gasteiger partial charge in [0.25, 0.3) is 0 Å². The van der Waals surface area contributed by atoms with Crippen LogP contribution < -0.4 is 0 Å². The summed E-state index contributed by atoms with van der Waals surface area (Å²) in [5.74, 6) is 2.92. The highest BCUT2D eigenvalue weighted by molar-refractivity contribution is 7.26. The van der Waals surface area contributed by atoms with Crippen LogP contribution in [0.15, 0.2) is 321 Å². The summed E-state index contributed by atoms with van der Waals surface area (Å²) in [6.45, 7) is 1.59. The number of fused-ring (bicyclic) bond motifs is 18. The molecule has 20 rings (SSSR count). The van der Waals surface area contributed by atoms with Gasteiger partial charge in [0.1, 0.15) is 0 Å². The Kier molecular flexibility index (Phi) is 13.0. The number of rotatable bonds is 8. The molecule has 0 bridgehead atoms. The molecule has 0 fully saturated rings. The van der Waals surface area contributed by atoms with Crippen molar-refractivity contribution >= 4 is 128 Å². The maximum atomic E-state index is 8.79. The van der Waals surface area contributed by atoms with Crippen LogP contribution in [0.25, 0.3) is 196 Å². The predicted molar refractivity (Wildman–Crippen MR) is 419 cm³/mol. The maximum Gasteiger partial charge on any atom is 0.165 e. The highest BCUT2D eigenvalue weighted by Crippen LogP contribution is 2.46. The highest BCUT2D eigenvalue weighted by Gasteiger charge is 2.21. The van der Waals surface area contributed by atoms with Crippen LogP contribution in [-0.4, -0.2) is 29.9 Å². The standard InChI is InChI=1S/C46H29N3S.C45H27N3S/c1-28-18-20-30(21-19-28)45-47-44(29-10-3-2-4-11-29)48-46(49-45)39-17-9-16-38-41-27-32(23-25-42(41)50-43(38)39)31-22-24-37-35-14-6-5-12-33(35)34-13-7-8-15-36(34)40(37)26-31;1-3-12-28(13-4-1)43-46-44(29-14-5-2-6-15-29)48-45(47-43)38-21-11-20-37-40-27-31(23-25-41(40)49-42(37)38)30-22-24-36-34-18-8-7-16-32(34)33-17-9-10-19-35(33)39(36)26-30/h2-27H,1H3;1-27H/i18D,19D,20D,21D;. The lowest BCUT2D eigenvalue weighted by Gasteiger charge is -2.12. The van der Waals surface area contributed by atoms with Crippen LogP contribution in [0.5, 0.6) is 0 Å². The monoisotopic (exact) mass is 1300 g/mol. The largest absolute Gasteiger partial charge is 0.208 e. The number of benzene rings is 16. The van der Waals surface area contributed by atoms with Crippen molar-refractivity contribution in [2.75, 3.05) is 0 Å². The van der Waals surface area contributed by atoms with E-state index in [0.717, 1.165) is 59.1 Å². The Balaban J connectivity index is 0.000000143. The summed E-state index contributed by atoms with van der Waals surface area (Å²) in [7, 11) is 0. The Labute approximate surface area is 583 Å². The Hall–Kier alpha value is -12.5. The second-order valence-electron chi connectivity index (χ2n) is 24.9. The molecule has 99 heavy (non-hydrogen) atoms. The van der Waals surface area contributed by atoms with E-state index in [4.69, 9.17) is 35.4 Å². The van der Waals surface area contributed by atoms with Crippen molar-refractivity contribution < 1.29 is 5.48 Å². The summed E-state index contributed by atoms with van der Waals surface area (Å²) in [5.41, 5.74) is 9.54. The van der Waals surface area contributed by atoms with Gasteiger partial charge in [-0.05, 0) is 142 Å². The highest BCUT2D eigenvalue weighted by atomic mass is 32.1. The molecular weight excluding hydrogens is 1240 g/mol. The molecule has 0 saturated carbocycles. The minimum atomic E-state index is -0.174. The van der Waals surface area contributed by atoms with Gasteiger partial charge in [0.15, 0.2) is 34.9 Å². The maximum absolute atomic E-state index is 8.79. The Morgan fingerprint density at radius 3 is 0.838 bits per heavy atom. The van der Waals surface area contributed by atoms with Crippen molar-refractivity contribution in [2.24, 2.45) is 0 Å². The molecule has 6 nitrogen and oxygen atoms in total. The summed E-state index contributed by atoms with van der Waals surface area (Å²) in [6.07, 6.45) is 0. The molecule has 0 unspecified atom stereocenters. The van der Waals surface area contributed by atoms with Crippen LogP contribution in [0.2, 0.25) is 0 Å². The molecule has 462 valence electrons. The van der Waals surface area contributed by atoms with Crippen molar-refractivity contribution in [3.63, 3.8) is 0 Å². The number of thiophene rings is 2. The van der Waals surface area contributed by atoms with Crippen LogP contribution in [0.3, 0.4) is 0 Å².